The third kappa shape index (κ3) is 1.86. The number of nitrogens with one attached hydrogen (secondary N) is 1. The fourth-order valence-corrected chi connectivity index (χ4v) is 1.56. The van der Waals surface area contributed by atoms with E-state index in [1.807, 2.05) is 0 Å². The van der Waals surface area contributed by atoms with Gasteiger partial charge in [-0.05, 0) is 17.7 Å². The smallest absolute Gasteiger partial charge is 0.146 e. The van der Waals surface area contributed by atoms with E-state index in [2.05, 4.69) is 5.32 Å². The van der Waals surface area contributed by atoms with Crippen molar-refractivity contribution in [2.75, 3.05) is 25.5 Å². The number of ether oxygens (including phenoxy) is 1. The Labute approximate surface area is 82.1 Å². The van der Waals surface area contributed by atoms with Gasteiger partial charge in [-0.2, -0.15) is 0 Å². The lowest BCUT2D eigenvalue weighted by atomic mass is 10.1. The molecule has 2 rings (SSSR count). The molecule has 1 aliphatic heterocycles. The quantitative estimate of drug-likeness (QED) is 0.660. The third-order valence-electron chi connectivity index (χ3n) is 2.34. The van der Waals surface area contributed by atoms with Gasteiger partial charge in [-0.15, -0.1) is 0 Å². The van der Waals surface area contributed by atoms with Gasteiger partial charge in [0.1, 0.15) is 5.82 Å². The maximum atomic E-state index is 12.9. The number of hydrogen-bond donors (Lipinski definition) is 2. The third-order valence-corrected chi connectivity index (χ3v) is 2.34. The van der Waals surface area contributed by atoms with Gasteiger partial charge in [-0.1, -0.05) is 6.07 Å². The van der Waals surface area contributed by atoms with Crippen LogP contribution in [0.25, 0.3) is 0 Å². The molecule has 1 aliphatic rings. The predicted molar refractivity (Wildman–Crippen MR) is 52.4 cm³/mol. The topological polar surface area (TPSA) is 47.3 Å². The van der Waals surface area contributed by atoms with Crippen molar-refractivity contribution in [3.63, 3.8) is 0 Å². The summed E-state index contributed by atoms with van der Waals surface area (Å²) in [6, 6.07) is 4.91. The molecule has 1 aromatic rings. The normalized spacial score (nSPS) is 22.2. The lowest BCUT2D eigenvalue weighted by molar-refractivity contribution is 0.0769. The molecule has 0 spiro atoms. The molecule has 0 aliphatic carbocycles. The molecular weight excluding hydrogens is 183 g/mol. The maximum Gasteiger partial charge on any atom is 0.146 e. The Morgan fingerprint density at radius 2 is 2.36 bits per heavy atom. The highest BCUT2D eigenvalue weighted by atomic mass is 19.1. The second-order valence-electron chi connectivity index (χ2n) is 3.36. The number of halogens is 1. The lowest BCUT2D eigenvalue weighted by Gasteiger charge is -2.24. The summed E-state index contributed by atoms with van der Waals surface area (Å²) < 4.78 is 18.2. The van der Waals surface area contributed by atoms with E-state index >= 15 is 0 Å². The first-order valence-electron chi connectivity index (χ1n) is 4.63. The number of benzene rings is 1. The van der Waals surface area contributed by atoms with E-state index < -0.39 is 0 Å². The summed E-state index contributed by atoms with van der Waals surface area (Å²) >= 11 is 0. The van der Waals surface area contributed by atoms with E-state index in [1.165, 1.54) is 6.07 Å². The second-order valence-corrected chi connectivity index (χ2v) is 3.36. The first-order chi connectivity index (χ1) is 6.77. The van der Waals surface area contributed by atoms with Crippen LogP contribution in [0.3, 0.4) is 0 Å². The Morgan fingerprint density at radius 1 is 1.50 bits per heavy atom. The number of morpholine rings is 1. The number of anilines is 1. The Kier molecular flexibility index (Phi) is 2.65. The highest BCUT2D eigenvalue weighted by molar-refractivity contribution is 5.43. The van der Waals surface area contributed by atoms with Crippen LogP contribution in [0.4, 0.5) is 10.1 Å². The van der Waals surface area contributed by atoms with E-state index in [0.29, 0.717) is 6.61 Å². The minimum absolute atomic E-state index is 0.131. The predicted octanol–water partition coefficient (Wildman–Crippen LogP) is 1.07. The first kappa shape index (κ1) is 9.43. The summed E-state index contributed by atoms with van der Waals surface area (Å²) in [6.45, 7) is 2.17. The van der Waals surface area contributed by atoms with Gasteiger partial charge in [0.15, 0.2) is 0 Å². The van der Waals surface area contributed by atoms with E-state index in [0.717, 1.165) is 18.7 Å². The van der Waals surface area contributed by atoms with Crippen molar-refractivity contribution in [2.45, 2.75) is 6.04 Å². The molecule has 1 heterocycles. The number of nitrogen functional groups attached to an aromatic ring is 1. The Morgan fingerprint density at radius 3 is 3.00 bits per heavy atom. The fourth-order valence-electron chi connectivity index (χ4n) is 1.56. The minimum Gasteiger partial charge on any atom is -0.396 e. The van der Waals surface area contributed by atoms with Gasteiger partial charge in [0.05, 0.1) is 24.9 Å². The van der Waals surface area contributed by atoms with Crippen LogP contribution in [-0.4, -0.2) is 19.8 Å². The monoisotopic (exact) mass is 196 g/mol. The van der Waals surface area contributed by atoms with Gasteiger partial charge >= 0.3 is 0 Å². The zero-order valence-corrected chi connectivity index (χ0v) is 7.79. The van der Waals surface area contributed by atoms with Crippen molar-refractivity contribution in [1.82, 2.24) is 5.32 Å². The Balaban J connectivity index is 2.18. The number of hydrogen-bond acceptors (Lipinski definition) is 3. The Bertz CT molecular complexity index is 324. The number of nitrogens with two attached hydrogens (primary N) is 1. The molecule has 1 unspecified atom stereocenters. The molecule has 1 saturated heterocycles. The van der Waals surface area contributed by atoms with E-state index in [1.54, 1.807) is 12.1 Å². The minimum atomic E-state index is -0.370. The van der Waals surface area contributed by atoms with Gasteiger partial charge in [0.25, 0.3) is 0 Å². The van der Waals surface area contributed by atoms with Gasteiger partial charge in [-0.3, -0.25) is 0 Å². The van der Waals surface area contributed by atoms with Crippen molar-refractivity contribution in [3.05, 3.63) is 29.6 Å². The zero-order chi connectivity index (χ0) is 9.97. The second kappa shape index (κ2) is 3.94. The molecule has 0 radical (unpaired) electrons. The Hall–Kier alpha value is -1.13. The molecule has 14 heavy (non-hydrogen) atoms. The van der Waals surface area contributed by atoms with Crippen LogP contribution in [0, 0.1) is 5.82 Å². The van der Waals surface area contributed by atoms with Crippen LogP contribution in [-0.2, 0) is 4.74 Å². The molecule has 76 valence electrons. The van der Waals surface area contributed by atoms with Gasteiger partial charge in [-0.25, -0.2) is 4.39 Å². The molecule has 4 heteroatoms. The molecule has 0 aromatic heterocycles. The molecule has 3 nitrogen and oxygen atoms in total. The van der Waals surface area contributed by atoms with Crippen LogP contribution in [0.15, 0.2) is 18.2 Å². The average Bonchev–Trinajstić information content (AvgIpc) is 2.23. The highest BCUT2D eigenvalue weighted by Gasteiger charge is 2.15. The molecule has 1 atom stereocenters. The molecule has 0 amide bonds. The summed E-state index contributed by atoms with van der Waals surface area (Å²) in [7, 11) is 0. The summed E-state index contributed by atoms with van der Waals surface area (Å²) in [6.07, 6.45) is 0. The summed E-state index contributed by atoms with van der Waals surface area (Å²) in [5.74, 6) is -0.370. The number of rotatable bonds is 1. The average molecular weight is 196 g/mol. The van der Waals surface area contributed by atoms with Crippen LogP contribution < -0.4 is 11.1 Å². The van der Waals surface area contributed by atoms with Crippen molar-refractivity contribution >= 4 is 5.69 Å². The standard InChI is InChI=1S/C10H13FN2O/c11-8-2-1-7(5-9(8)12)10-6-14-4-3-13-10/h1-2,5,10,13H,3-4,6,12H2. The molecular formula is C10H13FN2O. The van der Waals surface area contributed by atoms with Gasteiger partial charge in [0.2, 0.25) is 0 Å². The first-order valence-corrected chi connectivity index (χ1v) is 4.63. The zero-order valence-electron chi connectivity index (χ0n) is 7.79. The van der Waals surface area contributed by atoms with Crippen LogP contribution in [0.1, 0.15) is 11.6 Å². The molecule has 1 fully saturated rings. The van der Waals surface area contributed by atoms with E-state index in [4.69, 9.17) is 10.5 Å². The van der Waals surface area contributed by atoms with E-state index in [-0.39, 0.29) is 17.5 Å². The molecule has 1 aromatic carbocycles. The van der Waals surface area contributed by atoms with Gasteiger partial charge in [0, 0.05) is 6.54 Å². The van der Waals surface area contributed by atoms with Crippen molar-refractivity contribution < 1.29 is 9.13 Å². The molecule has 0 saturated carbocycles. The summed E-state index contributed by atoms with van der Waals surface area (Å²) in [5.41, 5.74) is 6.65. The van der Waals surface area contributed by atoms with Crippen molar-refractivity contribution in [1.29, 1.82) is 0 Å². The fraction of sp³-hybridized carbons (Fsp3) is 0.400. The summed E-state index contributed by atoms with van der Waals surface area (Å²) in [4.78, 5) is 0. The SMILES string of the molecule is Nc1cc(C2COCCN2)ccc1F. The maximum absolute atomic E-state index is 12.9. The summed E-state index contributed by atoms with van der Waals surface area (Å²) in [5, 5.41) is 3.28. The van der Waals surface area contributed by atoms with Crippen LogP contribution in [0.2, 0.25) is 0 Å². The largest absolute Gasteiger partial charge is 0.396 e. The molecule has 0 bridgehead atoms. The lowest BCUT2D eigenvalue weighted by Crippen LogP contribution is -2.34. The highest BCUT2D eigenvalue weighted by Crippen LogP contribution is 2.20. The van der Waals surface area contributed by atoms with Gasteiger partial charge < -0.3 is 15.8 Å². The van der Waals surface area contributed by atoms with Crippen molar-refractivity contribution in [3.8, 4) is 0 Å². The van der Waals surface area contributed by atoms with Crippen LogP contribution in [0.5, 0.6) is 0 Å². The van der Waals surface area contributed by atoms with Crippen molar-refractivity contribution in [2.24, 2.45) is 0 Å². The molecule has 3 N–H and O–H groups in total. The van der Waals surface area contributed by atoms with E-state index in [9.17, 15) is 4.39 Å². The van der Waals surface area contributed by atoms with Crippen LogP contribution >= 0.6 is 0 Å².